The van der Waals surface area contributed by atoms with Gasteiger partial charge in [-0.25, -0.2) is 8.78 Å². The number of halogens is 2. The van der Waals surface area contributed by atoms with Crippen molar-refractivity contribution in [1.29, 1.82) is 0 Å². The molecular weight excluding hydrogens is 285 g/mol. The van der Waals surface area contributed by atoms with Gasteiger partial charge in [0.25, 0.3) is 0 Å². The first-order valence-electron chi connectivity index (χ1n) is 5.83. The van der Waals surface area contributed by atoms with E-state index >= 15 is 0 Å². The minimum Gasteiger partial charge on any atom is -0.324 e. The average Bonchev–Trinajstić information content (AvgIpc) is 2.38. The van der Waals surface area contributed by atoms with Gasteiger partial charge in [-0.3, -0.25) is 4.57 Å². The summed E-state index contributed by atoms with van der Waals surface area (Å²) in [6, 6.07) is 10.1. The van der Waals surface area contributed by atoms with Crippen molar-refractivity contribution in [2.24, 2.45) is 0 Å². The van der Waals surface area contributed by atoms with E-state index in [4.69, 9.17) is 0 Å². The summed E-state index contributed by atoms with van der Waals surface area (Å²) in [6.45, 7) is 1.25. The SMILES string of the molecule is CC(c1ccc(F)cc1)(c1ccccc1F)P(=O)(O)O. The van der Waals surface area contributed by atoms with Crippen molar-refractivity contribution < 1.29 is 23.1 Å². The van der Waals surface area contributed by atoms with Crippen LogP contribution in [0.1, 0.15) is 18.1 Å². The summed E-state index contributed by atoms with van der Waals surface area (Å²) < 4.78 is 38.9. The molecule has 0 aliphatic carbocycles. The highest BCUT2D eigenvalue weighted by atomic mass is 31.2. The molecule has 2 aromatic rings. The van der Waals surface area contributed by atoms with Crippen LogP contribution in [0.5, 0.6) is 0 Å². The van der Waals surface area contributed by atoms with E-state index in [-0.39, 0.29) is 11.1 Å². The topological polar surface area (TPSA) is 57.5 Å². The fourth-order valence-electron chi connectivity index (χ4n) is 2.11. The van der Waals surface area contributed by atoms with Gasteiger partial charge in [0.1, 0.15) is 16.8 Å². The zero-order valence-electron chi connectivity index (χ0n) is 10.6. The fraction of sp³-hybridized carbons (Fsp3) is 0.143. The molecule has 0 aliphatic heterocycles. The predicted molar refractivity (Wildman–Crippen MR) is 71.3 cm³/mol. The van der Waals surface area contributed by atoms with Gasteiger partial charge in [-0.1, -0.05) is 30.3 Å². The first-order valence-corrected chi connectivity index (χ1v) is 7.45. The van der Waals surface area contributed by atoms with E-state index in [9.17, 15) is 23.1 Å². The molecule has 0 saturated heterocycles. The Hall–Kier alpha value is -1.55. The van der Waals surface area contributed by atoms with Gasteiger partial charge in [-0.2, -0.15) is 0 Å². The van der Waals surface area contributed by atoms with Crippen LogP contribution in [-0.2, 0) is 9.72 Å². The summed E-state index contributed by atoms with van der Waals surface area (Å²) in [4.78, 5) is 19.4. The molecule has 0 spiro atoms. The Kier molecular flexibility index (Phi) is 3.78. The molecule has 0 aliphatic rings. The molecule has 2 aromatic carbocycles. The molecule has 0 heterocycles. The van der Waals surface area contributed by atoms with Crippen molar-refractivity contribution in [3.8, 4) is 0 Å². The lowest BCUT2D eigenvalue weighted by Crippen LogP contribution is -2.25. The summed E-state index contributed by atoms with van der Waals surface area (Å²) in [5.74, 6) is -1.25. The van der Waals surface area contributed by atoms with Crippen LogP contribution in [0.15, 0.2) is 48.5 Å². The molecule has 20 heavy (non-hydrogen) atoms. The lowest BCUT2D eigenvalue weighted by molar-refractivity contribution is 0.341. The molecule has 0 amide bonds. The summed E-state index contributed by atoms with van der Waals surface area (Å²) in [7, 11) is -4.74. The third kappa shape index (κ3) is 2.40. The maximum Gasteiger partial charge on any atom is 0.340 e. The van der Waals surface area contributed by atoms with E-state index in [0.717, 1.165) is 18.2 Å². The van der Waals surface area contributed by atoms with Crippen LogP contribution >= 0.6 is 7.60 Å². The third-order valence-electron chi connectivity index (χ3n) is 3.39. The molecule has 1 unspecified atom stereocenters. The normalized spacial score (nSPS) is 14.8. The second-order valence-electron chi connectivity index (χ2n) is 4.60. The predicted octanol–water partition coefficient (Wildman–Crippen LogP) is 3.41. The Morgan fingerprint density at radius 2 is 1.55 bits per heavy atom. The third-order valence-corrected chi connectivity index (χ3v) is 5.05. The van der Waals surface area contributed by atoms with Crippen LogP contribution in [0, 0.1) is 11.6 Å². The molecule has 106 valence electrons. The molecule has 0 radical (unpaired) electrons. The van der Waals surface area contributed by atoms with Gasteiger partial charge >= 0.3 is 7.60 Å². The average molecular weight is 298 g/mol. The maximum absolute atomic E-state index is 14.0. The van der Waals surface area contributed by atoms with Crippen molar-refractivity contribution in [2.45, 2.75) is 12.1 Å². The lowest BCUT2D eigenvalue weighted by atomic mass is 9.91. The van der Waals surface area contributed by atoms with Crippen LogP contribution in [0.3, 0.4) is 0 Å². The van der Waals surface area contributed by atoms with E-state index in [2.05, 4.69) is 0 Å². The van der Waals surface area contributed by atoms with Gasteiger partial charge in [0.15, 0.2) is 0 Å². The second-order valence-corrected chi connectivity index (χ2v) is 6.59. The summed E-state index contributed by atoms with van der Waals surface area (Å²) in [5.41, 5.74) is 0.0253. The van der Waals surface area contributed by atoms with Gasteiger partial charge in [-0.05, 0) is 30.7 Å². The molecule has 0 bridgehead atoms. The van der Waals surface area contributed by atoms with Gasteiger partial charge in [0.05, 0.1) is 0 Å². The van der Waals surface area contributed by atoms with Gasteiger partial charge in [0.2, 0.25) is 0 Å². The van der Waals surface area contributed by atoms with Crippen molar-refractivity contribution in [3.63, 3.8) is 0 Å². The van der Waals surface area contributed by atoms with E-state index in [0.29, 0.717) is 0 Å². The Morgan fingerprint density at radius 1 is 1.00 bits per heavy atom. The molecule has 3 nitrogen and oxygen atoms in total. The largest absolute Gasteiger partial charge is 0.340 e. The van der Waals surface area contributed by atoms with Crippen LogP contribution in [-0.4, -0.2) is 9.79 Å². The molecule has 2 N–H and O–H groups in total. The molecule has 0 saturated carbocycles. The van der Waals surface area contributed by atoms with Crippen molar-refractivity contribution in [2.75, 3.05) is 0 Å². The fourth-order valence-corrected chi connectivity index (χ4v) is 3.09. The van der Waals surface area contributed by atoms with E-state index < -0.39 is 24.4 Å². The van der Waals surface area contributed by atoms with Crippen LogP contribution in [0.25, 0.3) is 0 Å². The minimum atomic E-state index is -4.74. The summed E-state index contributed by atoms with van der Waals surface area (Å²) in [5, 5.41) is -1.87. The maximum atomic E-state index is 14.0. The number of hydrogen-bond donors (Lipinski definition) is 2. The highest BCUT2D eigenvalue weighted by Crippen LogP contribution is 2.60. The number of rotatable bonds is 3. The Morgan fingerprint density at radius 3 is 2.05 bits per heavy atom. The van der Waals surface area contributed by atoms with Crippen LogP contribution < -0.4 is 0 Å². The van der Waals surface area contributed by atoms with Crippen molar-refractivity contribution in [1.82, 2.24) is 0 Å². The van der Waals surface area contributed by atoms with Crippen LogP contribution in [0.4, 0.5) is 8.78 Å². The van der Waals surface area contributed by atoms with Gasteiger partial charge < -0.3 is 9.79 Å². The first kappa shape index (κ1) is 14.9. The molecule has 6 heteroatoms. The quantitative estimate of drug-likeness (QED) is 0.854. The summed E-state index contributed by atoms with van der Waals surface area (Å²) in [6.07, 6.45) is 0. The molecule has 0 fully saturated rings. The van der Waals surface area contributed by atoms with Crippen molar-refractivity contribution >= 4 is 7.60 Å². The lowest BCUT2D eigenvalue weighted by Gasteiger charge is -2.31. The monoisotopic (exact) mass is 298 g/mol. The molecule has 1 atom stereocenters. The molecule has 2 rings (SSSR count). The minimum absolute atomic E-state index is 0.125. The Bertz CT molecular complexity index is 666. The van der Waals surface area contributed by atoms with Gasteiger partial charge in [0, 0.05) is 5.56 Å². The molecule has 0 aromatic heterocycles. The zero-order chi connectivity index (χ0) is 15.0. The Balaban J connectivity index is 2.73. The number of benzene rings is 2. The summed E-state index contributed by atoms with van der Waals surface area (Å²) >= 11 is 0. The van der Waals surface area contributed by atoms with E-state index in [1.165, 1.54) is 37.3 Å². The van der Waals surface area contributed by atoms with E-state index in [1.807, 2.05) is 0 Å². The highest BCUT2D eigenvalue weighted by Gasteiger charge is 2.47. The zero-order valence-corrected chi connectivity index (χ0v) is 11.5. The van der Waals surface area contributed by atoms with Crippen molar-refractivity contribution in [3.05, 3.63) is 71.3 Å². The smallest absolute Gasteiger partial charge is 0.324 e. The first-order chi connectivity index (χ1) is 9.26. The second kappa shape index (κ2) is 5.09. The molecular formula is C14H13F2O3P. The highest BCUT2D eigenvalue weighted by molar-refractivity contribution is 7.53. The van der Waals surface area contributed by atoms with Crippen LogP contribution in [0.2, 0.25) is 0 Å². The van der Waals surface area contributed by atoms with E-state index in [1.54, 1.807) is 0 Å². The standard InChI is InChI=1S/C14H13F2O3P/c1-14(20(17,18)19,10-6-8-11(15)9-7-10)12-4-2-3-5-13(12)16/h2-9H,1H3,(H2,17,18,19). The van der Waals surface area contributed by atoms with Gasteiger partial charge in [-0.15, -0.1) is 0 Å². The Labute approximate surface area is 115 Å². The number of hydrogen-bond acceptors (Lipinski definition) is 1.